The smallest absolute Gasteiger partial charge is 0.343 e. The van der Waals surface area contributed by atoms with Crippen molar-refractivity contribution in [3.63, 3.8) is 0 Å². The number of alkyl halides is 1. The standard InChI is InChI=1S/C3H4BrCl3O2Si/c4-2(3(8)9)1-10(5,6)7/h2H,1H2,(H,8,9). The summed E-state index contributed by atoms with van der Waals surface area (Å²) in [6.45, 7) is 0. The molecule has 60 valence electrons. The Kier molecular flexibility index (Phi) is 4.59. The first kappa shape index (κ1) is 11.0. The summed E-state index contributed by atoms with van der Waals surface area (Å²) in [5.74, 6) is -1.00. The normalized spacial score (nSPS) is 14.8. The van der Waals surface area contributed by atoms with E-state index in [1.807, 2.05) is 0 Å². The fourth-order valence-corrected chi connectivity index (χ4v) is 5.39. The molecule has 1 N–H and O–H groups in total. The summed E-state index contributed by atoms with van der Waals surface area (Å²) in [6.07, 6.45) is 0. The quantitative estimate of drug-likeness (QED) is 0.492. The van der Waals surface area contributed by atoms with Gasteiger partial charge in [-0.15, -0.1) is 33.2 Å². The molecular formula is C3H4BrCl3O2Si. The highest BCUT2D eigenvalue weighted by molar-refractivity contribution is 9.10. The molecular weight excluding hydrogens is 282 g/mol. The van der Waals surface area contributed by atoms with E-state index < -0.39 is 16.8 Å². The topological polar surface area (TPSA) is 37.3 Å². The van der Waals surface area contributed by atoms with Crippen molar-refractivity contribution >= 4 is 61.1 Å². The summed E-state index contributed by atoms with van der Waals surface area (Å²) < 4.78 is 0. The fraction of sp³-hybridized carbons (Fsp3) is 0.667. The van der Waals surface area contributed by atoms with Crippen LogP contribution in [-0.2, 0) is 4.79 Å². The zero-order valence-corrected chi connectivity index (χ0v) is 9.51. The van der Waals surface area contributed by atoms with Crippen molar-refractivity contribution in [3.8, 4) is 0 Å². The van der Waals surface area contributed by atoms with Crippen molar-refractivity contribution in [1.82, 2.24) is 0 Å². The third kappa shape index (κ3) is 5.79. The van der Waals surface area contributed by atoms with Crippen molar-refractivity contribution < 1.29 is 9.90 Å². The molecule has 0 saturated carbocycles. The Morgan fingerprint density at radius 2 is 2.00 bits per heavy atom. The number of hydrogen-bond acceptors (Lipinski definition) is 1. The molecule has 0 aromatic heterocycles. The third-order valence-corrected chi connectivity index (χ3v) is 4.25. The molecule has 0 amide bonds. The van der Waals surface area contributed by atoms with Crippen LogP contribution in [0.4, 0.5) is 0 Å². The lowest BCUT2D eigenvalue weighted by molar-refractivity contribution is -0.135. The van der Waals surface area contributed by atoms with E-state index in [1.54, 1.807) is 0 Å². The summed E-state index contributed by atoms with van der Waals surface area (Å²) in [6, 6.07) is -2.70. The van der Waals surface area contributed by atoms with E-state index in [9.17, 15) is 4.79 Å². The molecule has 0 aliphatic rings. The van der Waals surface area contributed by atoms with Gasteiger partial charge in [-0.05, 0) is 0 Å². The molecule has 0 aromatic rings. The Hall–Kier alpha value is 1.04. The first-order chi connectivity index (χ1) is 4.33. The monoisotopic (exact) mass is 284 g/mol. The number of hydrogen-bond donors (Lipinski definition) is 1. The number of aliphatic carboxylic acids is 1. The van der Waals surface area contributed by atoms with E-state index in [1.165, 1.54) is 0 Å². The van der Waals surface area contributed by atoms with Crippen molar-refractivity contribution in [2.45, 2.75) is 10.9 Å². The highest BCUT2D eigenvalue weighted by Crippen LogP contribution is 2.29. The second-order valence-electron chi connectivity index (χ2n) is 1.63. The average Bonchev–Trinajstić information content (AvgIpc) is 1.60. The van der Waals surface area contributed by atoms with Gasteiger partial charge in [-0.25, -0.2) is 0 Å². The summed E-state index contributed by atoms with van der Waals surface area (Å²) >= 11 is 19.2. The van der Waals surface area contributed by atoms with E-state index in [0.29, 0.717) is 0 Å². The van der Waals surface area contributed by atoms with Gasteiger partial charge in [0, 0.05) is 6.04 Å². The molecule has 0 fully saturated rings. The molecule has 10 heavy (non-hydrogen) atoms. The van der Waals surface area contributed by atoms with Crippen molar-refractivity contribution in [2.24, 2.45) is 0 Å². The largest absolute Gasteiger partial charge is 0.480 e. The molecule has 1 unspecified atom stereocenters. The maximum atomic E-state index is 10.2. The van der Waals surface area contributed by atoms with Gasteiger partial charge in [-0.1, -0.05) is 15.9 Å². The van der Waals surface area contributed by atoms with Crippen LogP contribution >= 0.6 is 49.2 Å². The molecule has 0 spiro atoms. The van der Waals surface area contributed by atoms with Gasteiger partial charge in [-0.2, -0.15) is 0 Å². The van der Waals surface area contributed by atoms with Crippen molar-refractivity contribution in [2.75, 3.05) is 0 Å². The van der Waals surface area contributed by atoms with Gasteiger partial charge in [0.15, 0.2) is 0 Å². The molecule has 0 bridgehead atoms. The molecule has 7 heteroatoms. The minimum absolute atomic E-state index is 0.0903. The number of rotatable bonds is 3. The summed E-state index contributed by atoms with van der Waals surface area (Å²) in [5, 5.41) is 8.34. The van der Waals surface area contributed by atoms with Crippen LogP contribution < -0.4 is 0 Å². The van der Waals surface area contributed by atoms with Crippen LogP contribution in [-0.4, -0.2) is 21.9 Å². The molecule has 0 saturated heterocycles. The van der Waals surface area contributed by atoms with Crippen LogP contribution in [0.25, 0.3) is 0 Å². The predicted octanol–water partition coefficient (Wildman–Crippen LogP) is 2.49. The number of carboxylic acids is 1. The van der Waals surface area contributed by atoms with Crippen molar-refractivity contribution in [3.05, 3.63) is 0 Å². The SMILES string of the molecule is O=C(O)C(Br)C[Si](Cl)(Cl)Cl. The minimum atomic E-state index is -2.79. The van der Waals surface area contributed by atoms with E-state index in [0.717, 1.165) is 0 Å². The highest BCUT2D eigenvalue weighted by Gasteiger charge is 2.31. The van der Waals surface area contributed by atoms with Gasteiger partial charge in [0.2, 0.25) is 0 Å². The Balaban J connectivity index is 3.80. The molecule has 1 atom stereocenters. The summed E-state index contributed by atoms with van der Waals surface area (Å²) in [4.78, 5) is 9.43. The van der Waals surface area contributed by atoms with E-state index in [2.05, 4.69) is 15.9 Å². The third-order valence-electron chi connectivity index (χ3n) is 0.679. The van der Waals surface area contributed by atoms with Gasteiger partial charge >= 0.3 is 12.0 Å². The van der Waals surface area contributed by atoms with Gasteiger partial charge in [-0.3, -0.25) is 4.79 Å². The lowest BCUT2D eigenvalue weighted by atomic mass is 10.5. The Morgan fingerprint density at radius 1 is 1.60 bits per heavy atom. The maximum Gasteiger partial charge on any atom is 0.343 e. The minimum Gasteiger partial charge on any atom is -0.480 e. The van der Waals surface area contributed by atoms with E-state index >= 15 is 0 Å². The van der Waals surface area contributed by atoms with Crippen LogP contribution in [0.2, 0.25) is 6.04 Å². The number of carbonyl (C=O) groups is 1. The fourth-order valence-electron chi connectivity index (χ4n) is 0.291. The molecule has 0 heterocycles. The Labute approximate surface area is 81.7 Å². The lowest BCUT2D eigenvalue weighted by Gasteiger charge is -2.08. The summed E-state index contributed by atoms with van der Waals surface area (Å²) in [5.41, 5.74) is 0. The van der Waals surface area contributed by atoms with Gasteiger partial charge in [0.25, 0.3) is 0 Å². The van der Waals surface area contributed by atoms with Crippen LogP contribution in [0.1, 0.15) is 0 Å². The average molecular weight is 286 g/mol. The van der Waals surface area contributed by atoms with Crippen LogP contribution in [0, 0.1) is 0 Å². The van der Waals surface area contributed by atoms with Gasteiger partial charge in [0.05, 0.1) is 0 Å². The van der Waals surface area contributed by atoms with Crippen LogP contribution in [0.3, 0.4) is 0 Å². The predicted molar refractivity (Wildman–Crippen MR) is 48.5 cm³/mol. The first-order valence-electron chi connectivity index (χ1n) is 2.26. The molecule has 0 aliphatic heterocycles. The summed E-state index contributed by atoms with van der Waals surface area (Å²) in [7, 11) is 0. The van der Waals surface area contributed by atoms with Gasteiger partial charge < -0.3 is 5.11 Å². The molecule has 0 aliphatic carbocycles. The number of carboxylic acid groups (broad SMARTS) is 1. The molecule has 0 aromatic carbocycles. The lowest BCUT2D eigenvalue weighted by Crippen LogP contribution is -2.22. The second kappa shape index (κ2) is 4.16. The number of halogens is 4. The Bertz CT molecular complexity index is 136. The molecule has 2 nitrogen and oxygen atoms in total. The van der Waals surface area contributed by atoms with Crippen LogP contribution in [0.15, 0.2) is 0 Å². The highest BCUT2D eigenvalue weighted by atomic mass is 79.9. The van der Waals surface area contributed by atoms with Crippen LogP contribution in [0.5, 0.6) is 0 Å². The van der Waals surface area contributed by atoms with Crippen molar-refractivity contribution in [1.29, 1.82) is 0 Å². The Morgan fingerprint density at radius 3 is 2.10 bits per heavy atom. The maximum absolute atomic E-state index is 10.2. The zero-order valence-electron chi connectivity index (χ0n) is 4.65. The first-order valence-corrected chi connectivity index (χ1v) is 8.42. The van der Waals surface area contributed by atoms with Gasteiger partial charge in [0.1, 0.15) is 4.83 Å². The molecule has 0 radical (unpaired) electrons. The van der Waals surface area contributed by atoms with E-state index in [4.69, 9.17) is 38.3 Å². The van der Waals surface area contributed by atoms with E-state index in [-0.39, 0.29) is 6.04 Å². The molecule has 0 rings (SSSR count). The second-order valence-corrected chi connectivity index (χ2v) is 11.9. The zero-order chi connectivity index (χ0) is 8.36.